The van der Waals surface area contributed by atoms with Crippen LogP contribution >= 0.6 is 11.8 Å². The summed E-state index contributed by atoms with van der Waals surface area (Å²) in [4.78, 5) is 0. The number of anilines is 1. The van der Waals surface area contributed by atoms with Gasteiger partial charge in [-0.1, -0.05) is 6.92 Å². The van der Waals surface area contributed by atoms with E-state index in [0.717, 1.165) is 12.2 Å². The number of hydrogen-bond donors (Lipinski definition) is 1. The van der Waals surface area contributed by atoms with Gasteiger partial charge < -0.3 is 14.8 Å². The number of methoxy groups -OCH3 is 1. The minimum Gasteiger partial charge on any atom is -0.497 e. The quantitative estimate of drug-likeness (QED) is 0.897. The van der Waals surface area contributed by atoms with Gasteiger partial charge in [0.25, 0.3) is 0 Å². The average molecular weight is 289 g/mol. The molecule has 0 radical (unpaired) electrons. The van der Waals surface area contributed by atoms with E-state index in [1.807, 2.05) is 11.8 Å². The first kappa shape index (κ1) is 14.2. The molecule has 2 rings (SSSR count). The highest BCUT2D eigenvalue weighted by Crippen LogP contribution is 2.35. The van der Waals surface area contributed by atoms with Crippen LogP contribution in [0.2, 0.25) is 0 Å². The van der Waals surface area contributed by atoms with Gasteiger partial charge in [-0.05, 0) is 24.3 Å². The molecule has 1 saturated heterocycles. The van der Waals surface area contributed by atoms with E-state index in [4.69, 9.17) is 4.74 Å². The Labute approximate surface area is 115 Å². The van der Waals surface area contributed by atoms with Crippen LogP contribution in [0.1, 0.15) is 13.3 Å². The fourth-order valence-corrected chi connectivity index (χ4v) is 3.27. The molecule has 1 N–H and O–H groups in total. The van der Waals surface area contributed by atoms with Crippen molar-refractivity contribution in [2.24, 2.45) is 0 Å². The van der Waals surface area contributed by atoms with Crippen molar-refractivity contribution in [3.05, 3.63) is 18.2 Å². The second kappa shape index (κ2) is 6.32. The molecule has 6 heteroatoms. The topological polar surface area (TPSA) is 30.5 Å². The van der Waals surface area contributed by atoms with E-state index in [-0.39, 0.29) is 11.8 Å². The smallest absolute Gasteiger partial charge is 0.387 e. The number of alkyl halides is 2. The maximum absolute atomic E-state index is 12.4. The van der Waals surface area contributed by atoms with Crippen LogP contribution in [-0.2, 0) is 0 Å². The molecule has 1 aromatic carbocycles. The molecule has 0 amide bonds. The van der Waals surface area contributed by atoms with Crippen LogP contribution < -0.4 is 14.8 Å². The Morgan fingerprint density at radius 2 is 2.21 bits per heavy atom. The number of thioether (sulfide) groups is 1. The van der Waals surface area contributed by atoms with Crippen molar-refractivity contribution in [3.8, 4) is 11.5 Å². The van der Waals surface area contributed by atoms with E-state index in [1.165, 1.54) is 6.07 Å². The zero-order valence-electron chi connectivity index (χ0n) is 10.9. The molecule has 1 aliphatic rings. The molecule has 1 heterocycles. The highest BCUT2D eigenvalue weighted by Gasteiger charge is 2.25. The molecular weight excluding hydrogens is 272 g/mol. The van der Waals surface area contributed by atoms with E-state index in [9.17, 15) is 8.78 Å². The molecule has 1 aromatic rings. The predicted molar refractivity (Wildman–Crippen MR) is 73.6 cm³/mol. The van der Waals surface area contributed by atoms with Gasteiger partial charge in [-0.15, -0.1) is 0 Å². The fraction of sp³-hybridized carbons (Fsp3) is 0.538. The number of rotatable bonds is 5. The first-order valence-corrected chi connectivity index (χ1v) is 7.16. The van der Waals surface area contributed by atoms with E-state index < -0.39 is 6.61 Å². The summed E-state index contributed by atoms with van der Waals surface area (Å²) >= 11 is 1.87. The molecule has 0 aromatic heterocycles. The highest BCUT2D eigenvalue weighted by atomic mass is 32.2. The van der Waals surface area contributed by atoms with Gasteiger partial charge in [0.05, 0.1) is 12.8 Å². The maximum atomic E-state index is 12.4. The lowest BCUT2D eigenvalue weighted by molar-refractivity contribution is -0.0494. The lowest BCUT2D eigenvalue weighted by Crippen LogP contribution is -2.25. The third-order valence-electron chi connectivity index (χ3n) is 3.12. The molecular formula is C13H17F2NO2S. The molecule has 0 saturated carbocycles. The second-order valence-electron chi connectivity index (χ2n) is 4.36. The number of ether oxygens (including phenoxy) is 2. The molecule has 0 bridgehead atoms. The molecule has 2 unspecified atom stereocenters. The summed E-state index contributed by atoms with van der Waals surface area (Å²) in [6.45, 7) is -0.701. The van der Waals surface area contributed by atoms with Crippen molar-refractivity contribution < 1.29 is 18.3 Å². The number of benzene rings is 1. The fourth-order valence-electron chi connectivity index (χ4n) is 2.07. The number of hydrogen-bond acceptors (Lipinski definition) is 4. The van der Waals surface area contributed by atoms with E-state index in [0.29, 0.717) is 16.7 Å². The van der Waals surface area contributed by atoms with Crippen LogP contribution in [-0.4, -0.2) is 30.8 Å². The van der Waals surface area contributed by atoms with Crippen molar-refractivity contribution in [1.29, 1.82) is 0 Å². The summed E-state index contributed by atoms with van der Waals surface area (Å²) in [6.07, 6.45) is 1.01. The Balaban J connectivity index is 2.19. The van der Waals surface area contributed by atoms with Gasteiger partial charge in [-0.3, -0.25) is 0 Å². The van der Waals surface area contributed by atoms with Crippen LogP contribution in [0.25, 0.3) is 0 Å². The molecule has 0 spiro atoms. The van der Waals surface area contributed by atoms with Crippen molar-refractivity contribution >= 4 is 17.4 Å². The van der Waals surface area contributed by atoms with Gasteiger partial charge in [0.2, 0.25) is 0 Å². The molecule has 3 nitrogen and oxygen atoms in total. The SMILES string of the molecule is COc1ccc(OC(F)F)c(NC2CCSC2C)c1. The van der Waals surface area contributed by atoms with Gasteiger partial charge in [-0.2, -0.15) is 20.5 Å². The first-order chi connectivity index (χ1) is 9.10. The van der Waals surface area contributed by atoms with Gasteiger partial charge in [0.15, 0.2) is 0 Å². The van der Waals surface area contributed by atoms with Crippen LogP contribution in [0.4, 0.5) is 14.5 Å². The Morgan fingerprint density at radius 3 is 2.79 bits per heavy atom. The predicted octanol–water partition coefficient (Wildman–Crippen LogP) is 3.60. The van der Waals surface area contributed by atoms with Crippen molar-refractivity contribution in [1.82, 2.24) is 0 Å². The Bertz CT molecular complexity index is 431. The van der Waals surface area contributed by atoms with Crippen LogP contribution in [0.15, 0.2) is 18.2 Å². The lowest BCUT2D eigenvalue weighted by atomic mass is 10.1. The number of nitrogens with one attached hydrogen (secondary N) is 1. The molecule has 1 fully saturated rings. The third kappa shape index (κ3) is 3.65. The zero-order valence-corrected chi connectivity index (χ0v) is 11.7. The minimum atomic E-state index is -2.83. The van der Waals surface area contributed by atoms with Crippen molar-refractivity contribution in [3.63, 3.8) is 0 Å². The summed E-state index contributed by atoms with van der Waals surface area (Å²) in [6, 6.07) is 5.06. The van der Waals surface area contributed by atoms with Crippen molar-refractivity contribution in [2.75, 3.05) is 18.2 Å². The van der Waals surface area contributed by atoms with Crippen LogP contribution in [0.5, 0.6) is 11.5 Å². The molecule has 19 heavy (non-hydrogen) atoms. The van der Waals surface area contributed by atoms with E-state index in [1.54, 1.807) is 19.2 Å². The summed E-state index contributed by atoms with van der Waals surface area (Å²) in [7, 11) is 1.54. The normalized spacial score (nSPS) is 22.6. The molecule has 1 aliphatic heterocycles. The first-order valence-electron chi connectivity index (χ1n) is 6.11. The maximum Gasteiger partial charge on any atom is 0.387 e. The average Bonchev–Trinajstić information content (AvgIpc) is 2.76. The molecule has 0 aliphatic carbocycles. The van der Waals surface area contributed by atoms with Crippen LogP contribution in [0.3, 0.4) is 0 Å². The summed E-state index contributed by atoms with van der Waals surface area (Å²) in [5.41, 5.74) is 0.555. The molecule has 106 valence electrons. The minimum absolute atomic E-state index is 0.153. The zero-order chi connectivity index (χ0) is 13.8. The highest BCUT2D eigenvalue weighted by molar-refractivity contribution is 8.00. The summed E-state index contributed by atoms with van der Waals surface area (Å²) in [5, 5.41) is 3.73. The standard InChI is InChI=1S/C13H17F2NO2S/c1-8-10(5-6-19-8)16-11-7-9(17-2)3-4-12(11)18-13(14)15/h3-4,7-8,10,13,16H,5-6H2,1-2H3. The lowest BCUT2D eigenvalue weighted by Gasteiger charge is -2.20. The summed E-state index contributed by atoms with van der Waals surface area (Å²) in [5.74, 6) is 1.84. The molecule has 2 atom stereocenters. The summed E-state index contributed by atoms with van der Waals surface area (Å²) < 4.78 is 34.4. The van der Waals surface area contributed by atoms with E-state index >= 15 is 0 Å². The number of halogens is 2. The third-order valence-corrected chi connectivity index (χ3v) is 4.45. The van der Waals surface area contributed by atoms with Gasteiger partial charge in [0, 0.05) is 17.4 Å². The van der Waals surface area contributed by atoms with Gasteiger partial charge in [0.1, 0.15) is 11.5 Å². The second-order valence-corrected chi connectivity index (χ2v) is 5.84. The largest absolute Gasteiger partial charge is 0.497 e. The Morgan fingerprint density at radius 1 is 1.42 bits per heavy atom. The van der Waals surface area contributed by atoms with Crippen LogP contribution in [0, 0.1) is 0 Å². The van der Waals surface area contributed by atoms with E-state index in [2.05, 4.69) is 17.0 Å². The Kier molecular flexibility index (Phi) is 4.74. The van der Waals surface area contributed by atoms with Gasteiger partial charge in [-0.25, -0.2) is 0 Å². The Hall–Kier alpha value is -1.17. The van der Waals surface area contributed by atoms with Crippen molar-refractivity contribution in [2.45, 2.75) is 31.2 Å². The van der Waals surface area contributed by atoms with Gasteiger partial charge >= 0.3 is 6.61 Å². The monoisotopic (exact) mass is 289 g/mol.